The van der Waals surface area contributed by atoms with E-state index in [-0.39, 0.29) is 11.5 Å². The van der Waals surface area contributed by atoms with Crippen LogP contribution in [0.3, 0.4) is 0 Å². The van der Waals surface area contributed by atoms with Gasteiger partial charge in [-0.2, -0.15) is 0 Å². The Hall–Kier alpha value is -1.47. The molecule has 0 atom stereocenters. The van der Waals surface area contributed by atoms with Crippen molar-refractivity contribution in [1.82, 2.24) is 10.0 Å². The van der Waals surface area contributed by atoms with Gasteiger partial charge in [0.05, 0.1) is 5.75 Å². The first kappa shape index (κ1) is 14.9. The molecule has 0 aromatic heterocycles. The SMILES string of the molecule is O=C(NS(=O)(=O)Cc1ccccc1F)C1CCNCC1. The molecule has 1 aliphatic rings. The standard InChI is InChI=1S/C13H17FN2O3S/c14-12-4-2-1-3-11(12)9-20(18,19)16-13(17)10-5-7-15-8-6-10/h1-4,10,15H,5-9H2,(H,16,17). The van der Waals surface area contributed by atoms with Gasteiger partial charge in [-0.15, -0.1) is 0 Å². The third kappa shape index (κ3) is 4.01. The van der Waals surface area contributed by atoms with E-state index in [9.17, 15) is 17.6 Å². The lowest BCUT2D eigenvalue weighted by Gasteiger charge is -2.21. The fraction of sp³-hybridized carbons (Fsp3) is 0.462. The van der Waals surface area contributed by atoms with Crippen LogP contribution in [0.15, 0.2) is 24.3 Å². The number of carbonyl (C=O) groups is 1. The molecule has 20 heavy (non-hydrogen) atoms. The van der Waals surface area contributed by atoms with Gasteiger partial charge in [0.15, 0.2) is 0 Å². The van der Waals surface area contributed by atoms with Crippen molar-refractivity contribution in [2.75, 3.05) is 13.1 Å². The minimum absolute atomic E-state index is 0.0538. The van der Waals surface area contributed by atoms with Gasteiger partial charge in [0.25, 0.3) is 0 Å². The molecule has 2 N–H and O–H groups in total. The van der Waals surface area contributed by atoms with Crippen molar-refractivity contribution < 1.29 is 17.6 Å². The van der Waals surface area contributed by atoms with Crippen molar-refractivity contribution in [2.45, 2.75) is 18.6 Å². The van der Waals surface area contributed by atoms with E-state index in [1.807, 2.05) is 4.72 Å². The highest BCUT2D eigenvalue weighted by molar-refractivity contribution is 7.89. The Balaban J connectivity index is 2.00. The van der Waals surface area contributed by atoms with E-state index in [1.54, 1.807) is 6.07 Å². The molecule has 1 aliphatic heterocycles. The molecule has 1 fully saturated rings. The maximum absolute atomic E-state index is 13.4. The maximum Gasteiger partial charge on any atom is 0.239 e. The predicted octanol–water partition coefficient (Wildman–Crippen LogP) is 0.771. The van der Waals surface area contributed by atoms with Crippen LogP contribution in [-0.2, 0) is 20.6 Å². The monoisotopic (exact) mass is 300 g/mol. The van der Waals surface area contributed by atoms with Gasteiger partial charge in [-0.3, -0.25) is 9.52 Å². The zero-order chi connectivity index (χ0) is 14.6. The highest BCUT2D eigenvalue weighted by atomic mass is 32.2. The molecular formula is C13H17FN2O3S. The Labute approximate surface area is 117 Å². The van der Waals surface area contributed by atoms with Crippen LogP contribution >= 0.6 is 0 Å². The number of piperidine rings is 1. The first-order valence-corrected chi connectivity index (χ1v) is 8.11. The van der Waals surface area contributed by atoms with Crippen molar-refractivity contribution in [3.63, 3.8) is 0 Å². The molecule has 0 bridgehead atoms. The van der Waals surface area contributed by atoms with E-state index in [4.69, 9.17) is 0 Å². The number of sulfonamides is 1. The van der Waals surface area contributed by atoms with Crippen LogP contribution in [0, 0.1) is 11.7 Å². The van der Waals surface area contributed by atoms with E-state index in [1.165, 1.54) is 18.2 Å². The summed E-state index contributed by atoms with van der Waals surface area (Å²) in [7, 11) is -3.87. The second kappa shape index (κ2) is 6.32. The molecule has 7 heteroatoms. The maximum atomic E-state index is 13.4. The number of nitrogens with one attached hydrogen (secondary N) is 2. The summed E-state index contributed by atoms with van der Waals surface area (Å²) in [6.07, 6.45) is 1.22. The van der Waals surface area contributed by atoms with Crippen LogP contribution in [0.4, 0.5) is 4.39 Å². The first-order valence-electron chi connectivity index (χ1n) is 6.46. The Morgan fingerprint density at radius 2 is 1.95 bits per heavy atom. The average Bonchev–Trinajstić information content (AvgIpc) is 2.41. The Bertz CT molecular complexity index is 583. The lowest BCUT2D eigenvalue weighted by Crippen LogP contribution is -2.41. The minimum Gasteiger partial charge on any atom is -0.317 e. The molecule has 0 aliphatic carbocycles. The summed E-state index contributed by atoms with van der Waals surface area (Å²) in [6.45, 7) is 1.40. The number of amides is 1. The molecule has 0 saturated carbocycles. The number of rotatable bonds is 4. The lowest BCUT2D eigenvalue weighted by atomic mass is 9.98. The predicted molar refractivity (Wildman–Crippen MR) is 72.8 cm³/mol. The van der Waals surface area contributed by atoms with Crippen LogP contribution in [-0.4, -0.2) is 27.4 Å². The molecule has 0 radical (unpaired) electrons. The van der Waals surface area contributed by atoms with E-state index in [0.717, 1.165) is 0 Å². The highest BCUT2D eigenvalue weighted by Crippen LogP contribution is 2.14. The topological polar surface area (TPSA) is 75.3 Å². The molecule has 1 aromatic carbocycles. The summed E-state index contributed by atoms with van der Waals surface area (Å²) in [4.78, 5) is 11.9. The van der Waals surface area contributed by atoms with Gasteiger partial charge in [0.2, 0.25) is 15.9 Å². The minimum atomic E-state index is -3.87. The zero-order valence-corrected chi connectivity index (χ0v) is 11.7. The molecular weight excluding hydrogens is 283 g/mol. The molecule has 1 amide bonds. The van der Waals surface area contributed by atoms with Crippen LogP contribution in [0.25, 0.3) is 0 Å². The first-order chi connectivity index (χ1) is 9.48. The molecule has 1 heterocycles. The summed E-state index contributed by atoms with van der Waals surface area (Å²) >= 11 is 0. The van der Waals surface area contributed by atoms with Gasteiger partial charge >= 0.3 is 0 Å². The molecule has 110 valence electrons. The van der Waals surface area contributed by atoms with E-state index in [2.05, 4.69) is 5.32 Å². The van der Waals surface area contributed by atoms with Crippen LogP contribution in [0.5, 0.6) is 0 Å². The van der Waals surface area contributed by atoms with Gasteiger partial charge < -0.3 is 5.32 Å². The number of halogens is 1. The Morgan fingerprint density at radius 1 is 1.30 bits per heavy atom. The lowest BCUT2D eigenvalue weighted by molar-refractivity contribution is -0.123. The Morgan fingerprint density at radius 3 is 2.60 bits per heavy atom. The number of carbonyl (C=O) groups excluding carboxylic acids is 1. The summed E-state index contributed by atoms with van der Waals surface area (Å²) < 4.78 is 39.2. The van der Waals surface area contributed by atoms with Crippen LogP contribution < -0.4 is 10.0 Å². The van der Waals surface area contributed by atoms with Gasteiger partial charge in [0.1, 0.15) is 5.82 Å². The second-order valence-corrected chi connectivity index (χ2v) is 6.56. The van der Waals surface area contributed by atoms with Crippen molar-refractivity contribution in [1.29, 1.82) is 0 Å². The van der Waals surface area contributed by atoms with Crippen molar-refractivity contribution in [2.24, 2.45) is 5.92 Å². The number of hydrogen-bond donors (Lipinski definition) is 2. The van der Waals surface area contributed by atoms with Crippen molar-refractivity contribution >= 4 is 15.9 Å². The molecule has 0 spiro atoms. The quantitative estimate of drug-likeness (QED) is 0.861. The average molecular weight is 300 g/mol. The van der Waals surface area contributed by atoms with E-state index < -0.39 is 27.5 Å². The number of hydrogen-bond acceptors (Lipinski definition) is 4. The van der Waals surface area contributed by atoms with Crippen LogP contribution in [0.2, 0.25) is 0 Å². The molecule has 0 unspecified atom stereocenters. The zero-order valence-electron chi connectivity index (χ0n) is 10.9. The van der Waals surface area contributed by atoms with Gasteiger partial charge in [-0.1, -0.05) is 18.2 Å². The molecule has 1 aromatic rings. The van der Waals surface area contributed by atoms with Crippen molar-refractivity contribution in [3.8, 4) is 0 Å². The van der Waals surface area contributed by atoms with Gasteiger partial charge in [-0.05, 0) is 32.0 Å². The van der Waals surface area contributed by atoms with E-state index in [0.29, 0.717) is 25.9 Å². The fourth-order valence-corrected chi connectivity index (χ4v) is 3.37. The van der Waals surface area contributed by atoms with Gasteiger partial charge in [-0.25, -0.2) is 12.8 Å². The molecule has 1 saturated heterocycles. The fourth-order valence-electron chi connectivity index (χ4n) is 2.18. The summed E-state index contributed by atoms with van der Waals surface area (Å²) in [5.74, 6) is -1.92. The smallest absolute Gasteiger partial charge is 0.239 e. The van der Waals surface area contributed by atoms with Gasteiger partial charge in [0, 0.05) is 11.5 Å². The summed E-state index contributed by atoms with van der Waals surface area (Å²) in [5.41, 5.74) is 0.0538. The number of benzene rings is 1. The van der Waals surface area contributed by atoms with Crippen LogP contribution in [0.1, 0.15) is 18.4 Å². The van der Waals surface area contributed by atoms with E-state index >= 15 is 0 Å². The molecule has 2 rings (SSSR count). The normalized spacial score (nSPS) is 16.9. The third-order valence-corrected chi connectivity index (χ3v) is 4.47. The molecule has 5 nitrogen and oxygen atoms in total. The second-order valence-electron chi connectivity index (χ2n) is 4.84. The third-order valence-electron chi connectivity index (χ3n) is 3.27. The Kier molecular flexibility index (Phi) is 4.72. The summed E-state index contributed by atoms with van der Waals surface area (Å²) in [6, 6.07) is 5.63. The van der Waals surface area contributed by atoms with Crippen molar-refractivity contribution in [3.05, 3.63) is 35.6 Å². The highest BCUT2D eigenvalue weighted by Gasteiger charge is 2.25. The summed E-state index contributed by atoms with van der Waals surface area (Å²) in [5, 5.41) is 3.10. The largest absolute Gasteiger partial charge is 0.317 e.